The van der Waals surface area contributed by atoms with Crippen LogP contribution in [-0.4, -0.2) is 43.8 Å². The number of aromatic hydroxyl groups is 1. The van der Waals surface area contributed by atoms with Crippen LogP contribution in [-0.2, 0) is 11.2 Å². The molecule has 2 aliphatic rings. The quantitative estimate of drug-likeness (QED) is 0.480. The molecule has 0 saturated heterocycles. The molecule has 2 aromatic heterocycles. The van der Waals surface area contributed by atoms with Crippen molar-refractivity contribution in [1.29, 1.82) is 0 Å². The molecular formula is C26H25F2N3O4S. The van der Waals surface area contributed by atoms with E-state index in [0.29, 0.717) is 29.3 Å². The summed E-state index contributed by atoms with van der Waals surface area (Å²) < 4.78 is 28.9. The maximum atomic E-state index is 14.1. The minimum atomic E-state index is -0.722. The zero-order chi connectivity index (χ0) is 25.6. The van der Waals surface area contributed by atoms with Gasteiger partial charge < -0.3 is 14.6 Å². The number of hydrogen-bond acceptors (Lipinski definition) is 6. The first-order valence-electron chi connectivity index (χ1n) is 12.0. The van der Waals surface area contributed by atoms with Crippen LogP contribution in [0.4, 0.5) is 8.78 Å². The molecule has 1 amide bonds. The van der Waals surface area contributed by atoms with Crippen LogP contribution in [0, 0.1) is 11.6 Å². The van der Waals surface area contributed by atoms with Crippen molar-refractivity contribution in [3.05, 3.63) is 68.6 Å². The zero-order valence-corrected chi connectivity index (χ0v) is 20.5. The molecule has 1 aromatic carbocycles. The molecule has 36 heavy (non-hydrogen) atoms. The molecule has 188 valence electrons. The summed E-state index contributed by atoms with van der Waals surface area (Å²) in [6.45, 7) is 2.26. The van der Waals surface area contributed by atoms with Gasteiger partial charge in [-0.25, -0.2) is 13.8 Å². The number of halogens is 2. The number of ketones is 1. The second-order valence-corrected chi connectivity index (χ2v) is 10.5. The lowest BCUT2D eigenvalue weighted by molar-refractivity contribution is -0.120. The number of fused-ring (bicyclic) bond motifs is 1. The van der Waals surface area contributed by atoms with Gasteiger partial charge in [-0.2, -0.15) is 0 Å². The van der Waals surface area contributed by atoms with Crippen molar-refractivity contribution < 1.29 is 23.5 Å². The standard InChI is InChI=1S/C26H25F2N3O4S/c1-2-3-18(32)10-17-12-31(16-6-7-16)26(35)22-24(34)23(33)20(13-30(17)22)25-29-11-19(36-25)8-14-4-5-15(27)9-21(14)28/h4-5,9,11,13,16-17,34H,2-3,6-8,10,12H2,1H3. The first-order valence-corrected chi connectivity index (χ1v) is 12.8. The number of benzene rings is 1. The lowest BCUT2D eigenvalue weighted by atomic mass is 10.0. The maximum Gasteiger partial charge on any atom is 0.274 e. The number of hydrogen-bond donors (Lipinski definition) is 1. The molecule has 5 rings (SSSR count). The average Bonchev–Trinajstić information content (AvgIpc) is 3.57. The highest BCUT2D eigenvalue weighted by Crippen LogP contribution is 2.37. The molecule has 3 heterocycles. The minimum absolute atomic E-state index is 0.0520. The van der Waals surface area contributed by atoms with Gasteiger partial charge in [-0.05, 0) is 30.9 Å². The number of thiazole rings is 1. The smallest absolute Gasteiger partial charge is 0.274 e. The number of amides is 1. The summed E-state index contributed by atoms with van der Waals surface area (Å²) in [6, 6.07) is 3.01. The Morgan fingerprint density at radius 1 is 1.25 bits per heavy atom. The summed E-state index contributed by atoms with van der Waals surface area (Å²) in [5.41, 5.74) is -0.425. The number of nitrogens with zero attached hydrogens (tertiary/aromatic N) is 3. The highest BCUT2D eigenvalue weighted by Gasteiger charge is 2.42. The minimum Gasteiger partial charge on any atom is -0.503 e. The summed E-state index contributed by atoms with van der Waals surface area (Å²) in [5.74, 6) is -2.35. The molecule has 1 aliphatic heterocycles. The maximum absolute atomic E-state index is 14.1. The largest absolute Gasteiger partial charge is 0.503 e. The van der Waals surface area contributed by atoms with E-state index in [4.69, 9.17) is 0 Å². The van der Waals surface area contributed by atoms with Crippen LogP contribution in [0.25, 0.3) is 10.6 Å². The molecule has 1 unspecified atom stereocenters. The van der Waals surface area contributed by atoms with E-state index in [1.54, 1.807) is 9.47 Å². The first kappa shape index (κ1) is 24.3. The van der Waals surface area contributed by atoms with Crippen molar-refractivity contribution in [1.82, 2.24) is 14.5 Å². The predicted octanol–water partition coefficient (Wildman–Crippen LogP) is 4.47. The molecule has 7 nitrogen and oxygen atoms in total. The summed E-state index contributed by atoms with van der Waals surface area (Å²) in [7, 11) is 0. The Hall–Kier alpha value is -3.40. The highest BCUT2D eigenvalue weighted by molar-refractivity contribution is 7.15. The third kappa shape index (κ3) is 4.57. The van der Waals surface area contributed by atoms with Gasteiger partial charge in [0, 0.05) is 55.2 Å². The van der Waals surface area contributed by atoms with Crippen molar-refractivity contribution in [2.45, 2.75) is 57.5 Å². The molecule has 0 spiro atoms. The average molecular weight is 514 g/mol. The number of rotatable bonds is 8. The normalized spacial score (nSPS) is 17.4. The van der Waals surface area contributed by atoms with Crippen LogP contribution >= 0.6 is 11.3 Å². The zero-order valence-electron chi connectivity index (χ0n) is 19.7. The van der Waals surface area contributed by atoms with Crippen molar-refractivity contribution in [3.63, 3.8) is 0 Å². The fourth-order valence-electron chi connectivity index (χ4n) is 4.68. The van der Waals surface area contributed by atoms with Gasteiger partial charge in [0.15, 0.2) is 11.4 Å². The van der Waals surface area contributed by atoms with Gasteiger partial charge in [0.1, 0.15) is 22.4 Å². The molecular weight excluding hydrogens is 488 g/mol. The van der Waals surface area contributed by atoms with E-state index >= 15 is 0 Å². The molecule has 0 bridgehead atoms. The lowest BCUT2D eigenvalue weighted by Crippen LogP contribution is -2.46. The van der Waals surface area contributed by atoms with E-state index in [1.807, 2.05) is 6.92 Å². The number of aromatic nitrogens is 2. The monoisotopic (exact) mass is 513 g/mol. The van der Waals surface area contributed by atoms with E-state index in [2.05, 4.69) is 4.98 Å². The summed E-state index contributed by atoms with van der Waals surface area (Å²) in [6.07, 6.45) is 6.20. The van der Waals surface area contributed by atoms with Crippen molar-refractivity contribution >= 4 is 23.0 Å². The SMILES string of the molecule is CCCC(=O)CC1CN(C2CC2)C(=O)c2c(O)c(=O)c(-c3ncc(Cc4ccc(F)cc4F)s3)cn21. The van der Waals surface area contributed by atoms with Gasteiger partial charge in [0.25, 0.3) is 5.91 Å². The fourth-order valence-corrected chi connectivity index (χ4v) is 5.62. The van der Waals surface area contributed by atoms with Crippen molar-refractivity contribution in [3.8, 4) is 16.3 Å². The van der Waals surface area contributed by atoms with Gasteiger partial charge in [-0.1, -0.05) is 13.0 Å². The third-order valence-electron chi connectivity index (χ3n) is 6.62. The van der Waals surface area contributed by atoms with E-state index in [9.17, 15) is 28.3 Å². The molecule has 3 aromatic rings. The molecule has 1 aliphatic carbocycles. The van der Waals surface area contributed by atoms with Gasteiger partial charge >= 0.3 is 0 Å². The van der Waals surface area contributed by atoms with Gasteiger partial charge in [-0.3, -0.25) is 14.4 Å². The topological polar surface area (TPSA) is 92.5 Å². The van der Waals surface area contributed by atoms with Gasteiger partial charge in [0.05, 0.1) is 11.6 Å². The van der Waals surface area contributed by atoms with E-state index < -0.39 is 34.8 Å². The molecule has 1 fully saturated rings. The van der Waals surface area contributed by atoms with Gasteiger partial charge in [-0.15, -0.1) is 11.3 Å². The van der Waals surface area contributed by atoms with Crippen LogP contribution in [0.15, 0.2) is 35.4 Å². The second kappa shape index (κ2) is 9.57. The molecule has 1 saturated carbocycles. The Kier molecular flexibility index (Phi) is 6.46. The number of pyridine rings is 1. The Morgan fingerprint density at radius 2 is 2.03 bits per heavy atom. The Labute approximate surface area is 210 Å². The lowest BCUT2D eigenvalue weighted by Gasteiger charge is -2.36. The number of carbonyl (C=O) groups is 2. The highest BCUT2D eigenvalue weighted by atomic mass is 32.1. The van der Waals surface area contributed by atoms with Crippen LogP contribution < -0.4 is 5.43 Å². The molecule has 1 atom stereocenters. The fraction of sp³-hybridized carbons (Fsp3) is 0.385. The summed E-state index contributed by atoms with van der Waals surface area (Å²) in [4.78, 5) is 45.4. The van der Waals surface area contributed by atoms with Crippen LogP contribution in [0.1, 0.15) is 66.0 Å². The molecule has 0 radical (unpaired) electrons. The van der Waals surface area contributed by atoms with Crippen LogP contribution in [0.2, 0.25) is 0 Å². The molecule has 10 heteroatoms. The summed E-state index contributed by atoms with van der Waals surface area (Å²) >= 11 is 1.15. The Balaban J connectivity index is 1.52. The van der Waals surface area contributed by atoms with Gasteiger partial charge in [0.2, 0.25) is 5.43 Å². The van der Waals surface area contributed by atoms with Crippen molar-refractivity contribution in [2.24, 2.45) is 0 Å². The predicted molar refractivity (Wildman–Crippen MR) is 130 cm³/mol. The Morgan fingerprint density at radius 3 is 2.72 bits per heavy atom. The van der Waals surface area contributed by atoms with Crippen LogP contribution in [0.5, 0.6) is 5.75 Å². The number of Topliss-reactive ketones (excluding diaryl/α,β-unsaturated/α-hetero) is 1. The third-order valence-corrected chi connectivity index (χ3v) is 7.65. The van der Waals surface area contributed by atoms with Crippen molar-refractivity contribution in [2.75, 3.05) is 6.54 Å². The van der Waals surface area contributed by atoms with E-state index in [-0.39, 0.29) is 41.5 Å². The molecule has 1 N–H and O–H groups in total. The van der Waals surface area contributed by atoms with E-state index in [0.717, 1.165) is 30.2 Å². The van der Waals surface area contributed by atoms with E-state index in [1.165, 1.54) is 24.5 Å². The number of carbonyl (C=O) groups excluding carboxylic acids is 2. The Bertz CT molecular complexity index is 1410. The van der Waals surface area contributed by atoms with Crippen LogP contribution in [0.3, 0.4) is 0 Å². The summed E-state index contributed by atoms with van der Waals surface area (Å²) in [5, 5.41) is 11.2. The first-order chi connectivity index (χ1) is 17.3. The second-order valence-electron chi connectivity index (χ2n) is 9.36.